The molecule has 0 unspecified atom stereocenters. The highest BCUT2D eigenvalue weighted by molar-refractivity contribution is 6.17. The van der Waals surface area contributed by atoms with Gasteiger partial charge >= 0.3 is 0 Å². The number of hydrogen-bond donors (Lipinski definition) is 0. The van der Waals surface area contributed by atoms with Crippen LogP contribution in [0.1, 0.15) is 17.5 Å². The summed E-state index contributed by atoms with van der Waals surface area (Å²) in [6, 6.07) is 71.4. The van der Waals surface area contributed by atoms with E-state index in [1.54, 1.807) is 0 Å². The number of aromatic nitrogens is 5. The predicted octanol–water partition coefficient (Wildman–Crippen LogP) is 11.8. The lowest BCUT2D eigenvalue weighted by atomic mass is 9.97. The van der Waals surface area contributed by atoms with Crippen LogP contribution in [0.3, 0.4) is 0 Å². The molecule has 0 bridgehead atoms. The van der Waals surface area contributed by atoms with Gasteiger partial charge in [0.05, 0.1) is 27.4 Å². The fourth-order valence-corrected chi connectivity index (χ4v) is 9.89. The first-order valence-electron chi connectivity index (χ1n) is 20.8. The van der Waals surface area contributed by atoms with E-state index in [0.717, 1.165) is 44.9 Å². The van der Waals surface area contributed by atoms with Crippen LogP contribution < -0.4 is 10.6 Å². The fraction of sp³-hybridized carbons (Fsp3) is 0.0179. The molecule has 0 aliphatic heterocycles. The van der Waals surface area contributed by atoms with Crippen molar-refractivity contribution in [2.24, 2.45) is 0 Å². The van der Waals surface area contributed by atoms with Gasteiger partial charge in [0.2, 0.25) is 5.95 Å². The van der Waals surface area contributed by atoms with Crippen LogP contribution in [0, 0.1) is 0 Å². The van der Waals surface area contributed by atoms with E-state index < -0.39 is 0 Å². The van der Waals surface area contributed by atoms with Crippen LogP contribution in [-0.2, 0) is 0 Å². The molecular formula is C56H35N5. The van der Waals surface area contributed by atoms with Crippen molar-refractivity contribution < 1.29 is 0 Å². The minimum Gasteiger partial charge on any atom is -0.308 e. The Morgan fingerprint density at radius 1 is 0.344 bits per heavy atom. The van der Waals surface area contributed by atoms with E-state index in [1.807, 2.05) is 60.7 Å². The molecule has 61 heavy (non-hydrogen) atoms. The molecule has 4 heterocycles. The van der Waals surface area contributed by atoms with Gasteiger partial charge < -0.3 is 4.40 Å². The van der Waals surface area contributed by atoms with Gasteiger partial charge in [-0.25, -0.2) is 4.98 Å². The molecule has 12 aromatic rings. The Morgan fingerprint density at radius 2 is 0.836 bits per heavy atom. The third kappa shape index (κ3) is 5.11. The summed E-state index contributed by atoms with van der Waals surface area (Å²) in [5.41, 5.74) is 14.2. The maximum atomic E-state index is 5.13. The normalized spacial score (nSPS) is 12.8. The number of benzene rings is 8. The maximum Gasteiger partial charge on any atom is 0.238 e. The van der Waals surface area contributed by atoms with E-state index in [-0.39, 0.29) is 0 Å². The second kappa shape index (κ2) is 13.2. The van der Waals surface area contributed by atoms with Crippen LogP contribution in [0.5, 0.6) is 0 Å². The van der Waals surface area contributed by atoms with E-state index in [2.05, 4.69) is 148 Å². The smallest absolute Gasteiger partial charge is 0.238 e. The molecular weight excluding hydrogens is 743 g/mol. The molecule has 8 aromatic carbocycles. The fourth-order valence-electron chi connectivity index (χ4n) is 9.89. The highest BCUT2D eigenvalue weighted by Gasteiger charge is 2.26. The molecule has 0 saturated heterocycles. The number of para-hydroxylation sites is 2. The van der Waals surface area contributed by atoms with Crippen molar-refractivity contribution >= 4 is 60.1 Å². The summed E-state index contributed by atoms with van der Waals surface area (Å²) in [6.45, 7) is 0. The van der Waals surface area contributed by atoms with Gasteiger partial charge in [0.1, 0.15) is 0 Å². The number of fused-ring (bicyclic) bond motifs is 9. The number of hydrogen-bond acceptors (Lipinski definition) is 3. The summed E-state index contributed by atoms with van der Waals surface area (Å²) in [5.74, 6) is 1.86. The van der Waals surface area contributed by atoms with Gasteiger partial charge in [-0.2, -0.15) is 9.97 Å². The van der Waals surface area contributed by atoms with Crippen LogP contribution in [0.25, 0.3) is 100.0 Å². The SMILES string of the molecule is c1ccc(C2=c3c(n4c5ccc(-c6ccc7c(c6)c6ccccc6n7-c6nc(-c7ccccc7)nc(-c7ccccc7)n6)cc5c5cccc3c54)=C(c3ccccc3)C2)cc1. The second-order valence-electron chi connectivity index (χ2n) is 16.0. The summed E-state index contributed by atoms with van der Waals surface area (Å²) < 4.78 is 4.74. The van der Waals surface area contributed by atoms with Gasteiger partial charge in [-0.05, 0) is 63.7 Å². The minimum atomic E-state index is 0.589. The second-order valence-corrected chi connectivity index (χ2v) is 16.0. The third-order valence-electron chi connectivity index (χ3n) is 12.6. The molecule has 284 valence electrons. The quantitative estimate of drug-likeness (QED) is 0.169. The largest absolute Gasteiger partial charge is 0.308 e. The van der Waals surface area contributed by atoms with Crippen molar-refractivity contribution in [3.63, 3.8) is 0 Å². The summed E-state index contributed by atoms with van der Waals surface area (Å²) in [6.07, 6.45) is 0.894. The topological polar surface area (TPSA) is 48.0 Å². The average molecular weight is 778 g/mol. The van der Waals surface area contributed by atoms with E-state index >= 15 is 0 Å². The summed E-state index contributed by atoms with van der Waals surface area (Å²) in [5, 5.41) is 8.83. The zero-order valence-electron chi connectivity index (χ0n) is 33.0. The molecule has 0 amide bonds. The Kier molecular flexibility index (Phi) is 7.30. The zero-order chi connectivity index (χ0) is 40.0. The molecule has 1 aliphatic rings. The predicted molar refractivity (Wildman–Crippen MR) is 249 cm³/mol. The van der Waals surface area contributed by atoms with Crippen LogP contribution in [-0.4, -0.2) is 23.9 Å². The van der Waals surface area contributed by atoms with E-state index in [1.165, 1.54) is 65.6 Å². The summed E-state index contributed by atoms with van der Waals surface area (Å²) in [7, 11) is 0. The van der Waals surface area contributed by atoms with Gasteiger partial charge in [-0.15, -0.1) is 0 Å². The van der Waals surface area contributed by atoms with Crippen LogP contribution in [0.4, 0.5) is 0 Å². The summed E-state index contributed by atoms with van der Waals surface area (Å²) in [4.78, 5) is 15.2. The van der Waals surface area contributed by atoms with Gasteiger partial charge in [-0.1, -0.05) is 170 Å². The van der Waals surface area contributed by atoms with Crippen molar-refractivity contribution in [2.75, 3.05) is 0 Å². The van der Waals surface area contributed by atoms with Crippen LogP contribution in [0.15, 0.2) is 200 Å². The van der Waals surface area contributed by atoms with Crippen molar-refractivity contribution in [1.29, 1.82) is 0 Å². The lowest BCUT2D eigenvalue weighted by molar-refractivity contribution is 0.953. The number of rotatable bonds is 6. The van der Waals surface area contributed by atoms with E-state index in [4.69, 9.17) is 15.0 Å². The van der Waals surface area contributed by atoms with Crippen molar-refractivity contribution in [3.05, 3.63) is 222 Å². The highest BCUT2D eigenvalue weighted by atomic mass is 15.2. The van der Waals surface area contributed by atoms with Crippen molar-refractivity contribution in [2.45, 2.75) is 6.42 Å². The standard InChI is InChI=1S/C56H35N5/c1-5-16-35(17-6-1)44-34-45(36-18-7-2-8-19-36)53-51(44)43-26-15-25-42-47-33-40(29-31-50(47)61(53)52(42)43)39-28-30-49-46(32-39)41-24-13-14-27-48(41)60(49)56-58-54(37-20-9-3-10-21-37)57-55(59-56)38-22-11-4-12-23-38/h1-33H,34H2. The Hall–Kier alpha value is -8.15. The summed E-state index contributed by atoms with van der Waals surface area (Å²) >= 11 is 0. The van der Waals surface area contributed by atoms with Crippen LogP contribution in [0.2, 0.25) is 0 Å². The van der Waals surface area contributed by atoms with Gasteiger partial charge in [0, 0.05) is 49.7 Å². The molecule has 0 spiro atoms. The Balaban J connectivity index is 1.02. The molecule has 0 fully saturated rings. The molecule has 0 N–H and O–H groups in total. The van der Waals surface area contributed by atoms with Crippen LogP contribution >= 0.6 is 0 Å². The lowest BCUT2D eigenvalue weighted by Crippen LogP contribution is -2.26. The molecule has 5 nitrogen and oxygen atoms in total. The maximum absolute atomic E-state index is 5.13. The number of nitrogens with zero attached hydrogens (tertiary/aromatic N) is 5. The third-order valence-corrected chi connectivity index (χ3v) is 12.6. The molecule has 13 rings (SSSR count). The molecule has 1 aliphatic carbocycles. The molecule has 5 heteroatoms. The molecule has 4 aromatic heterocycles. The molecule has 0 saturated carbocycles. The highest BCUT2D eigenvalue weighted by Crippen LogP contribution is 2.39. The Morgan fingerprint density at radius 3 is 1.48 bits per heavy atom. The van der Waals surface area contributed by atoms with Gasteiger partial charge in [-0.3, -0.25) is 4.57 Å². The van der Waals surface area contributed by atoms with E-state index in [9.17, 15) is 0 Å². The van der Waals surface area contributed by atoms with Crippen molar-refractivity contribution in [3.8, 4) is 39.9 Å². The Bertz CT molecular complexity index is 3750. The Labute approximate surface area is 350 Å². The first kappa shape index (κ1) is 33.8. The lowest BCUT2D eigenvalue weighted by Gasteiger charge is -2.11. The van der Waals surface area contributed by atoms with Gasteiger partial charge in [0.15, 0.2) is 11.6 Å². The van der Waals surface area contributed by atoms with E-state index in [0.29, 0.717) is 17.6 Å². The first-order valence-corrected chi connectivity index (χ1v) is 20.8. The first-order chi connectivity index (χ1) is 30.3. The monoisotopic (exact) mass is 777 g/mol. The minimum absolute atomic E-state index is 0.589. The van der Waals surface area contributed by atoms with Gasteiger partial charge in [0.25, 0.3) is 0 Å². The van der Waals surface area contributed by atoms with Crippen molar-refractivity contribution in [1.82, 2.24) is 23.9 Å². The average Bonchev–Trinajstić information content (AvgIpc) is 4.08. The zero-order valence-corrected chi connectivity index (χ0v) is 33.0. The molecule has 0 radical (unpaired) electrons. The molecule has 0 atom stereocenters.